The third kappa shape index (κ3) is 3.01. The van der Waals surface area contributed by atoms with Crippen LogP contribution in [-0.2, 0) is 4.79 Å². The van der Waals surface area contributed by atoms with Gasteiger partial charge in [0, 0.05) is 14.1 Å². The Morgan fingerprint density at radius 1 is 1.29 bits per heavy atom. The second-order valence-corrected chi connectivity index (χ2v) is 3.22. The van der Waals surface area contributed by atoms with Gasteiger partial charge >= 0.3 is 0 Å². The average Bonchev–Trinajstić information content (AvgIpc) is 2.20. The van der Waals surface area contributed by atoms with Crippen molar-refractivity contribution < 1.29 is 4.79 Å². The largest absolute Gasteiger partial charge is 0.369 e. The quantitative estimate of drug-likeness (QED) is 0.409. The van der Waals surface area contributed by atoms with Gasteiger partial charge in [-0.05, 0) is 5.56 Å². The van der Waals surface area contributed by atoms with Gasteiger partial charge in [-0.3, -0.25) is 4.99 Å². The van der Waals surface area contributed by atoms with E-state index in [1.165, 1.54) is 0 Å². The number of nitrogens with zero attached hydrogens (tertiary/aromatic N) is 2. The molecule has 1 rings (SSSR count). The number of aliphatic imine (C=N–C) groups is 1. The van der Waals surface area contributed by atoms with Gasteiger partial charge in [0.05, 0.1) is 6.34 Å². The molecule has 3 nitrogen and oxygen atoms in total. The first kappa shape index (κ1) is 10.4. The van der Waals surface area contributed by atoms with Gasteiger partial charge in [-0.15, -0.1) is 0 Å². The highest BCUT2D eigenvalue weighted by molar-refractivity contribution is 5.66. The lowest BCUT2D eigenvalue weighted by molar-refractivity contribution is -0.108. The van der Waals surface area contributed by atoms with Gasteiger partial charge in [-0.1, -0.05) is 30.3 Å². The zero-order chi connectivity index (χ0) is 10.4. The van der Waals surface area contributed by atoms with Gasteiger partial charge in [0.2, 0.25) is 0 Å². The molecule has 0 fully saturated rings. The average molecular weight is 190 g/mol. The first-order valence-corrected chi connectivity index (χ1v) is 4.44. The van der Waals surface area contributed by atoms with Crippen LogP contribution >= 0.6 is 0 Å². The van der Waals surface area contributed by atoms with E-state index in [4.69, 9.17) is 0 Å². The highest BCUT2D eigenvalue weighted by atomic mass is 16.1. The minimum atomic E-state index is -0.390. The Morgan fingerprint density at radius 3 is 2.43 bits per heavy atom. The first-order chi connectivity index (χ1) is 6.74. The van der Waals surface area contributed by atoms with Crippen molar-refractivity contribution in [3.8, 4) is 0 Å². The van der Waals surface area contributed by atoms with E-state index in [9.17, 15) is 4.79 Å². The molecule has 1 atom stereocenters. The second-order valence-electron chi connectivity index (χ2n) is 3.22. The van der Waals surface area contributed by atoms with Crippen molar-refractivity contribution in [1.29, 1.82) is 0 Å². The van der Waals surface area contributed by atoms with E-state index in [-0.39, 0.29) is 0 Å². The monoisotopic (exact) mass is 190 g/mol. The van der Waals surface area contributed by atoms with Crippen LogP contribution in [0.5, 0.6) is 0 Å². The summed E-state index contributed by atoms with van der Waals surface area (Å²) in [6.45, 7) is 0. The van der Waals surface area contributed by atoms with Gasteiger partial charge in [0.15, 0.2) is 0 Å². The molecule has 1 aromatic carbocycles. The molecule has 1 aromatic rings. The van der Waals surface area contributed by atoms with Crippen molar-refractivity contribution in [1.82, 2.24) is 4.90 Å². The maximum atomic E-state index is 10.8. The van der Waals surface area contributed by atoms with Crippen LogP contribution in [0.3, 0.4) is 0 Å². The molecule has 0 bridgehead atoms. The molecule has 74 valence electrons. The lowest BCUT2D eigenvalue weighted by atomic mass is 10.1. The number of carbonyl (C=O) groups is 1. The lowest BCUT2D eigenvalue weighted by Crippen LogP contribution is -2.09. The molecular weight excluding hydrogens is 176 g/mol. The van der Waals surface area contributed by atoms with E-state index in [1.807, 2.05) is 44.4 Å². The zero-order valence-electron chi connectivity index (χ0n) is 8.42. The summed E-state index contributed by atoms with van der Waals surface area (Å²) >= 11 is 0. The van der Waals surface area contributed by atoms with Crippen molar-refractivity contribution in [2.24, 2.45) is 4.99 Å². The number of benzene rings is 1. The van der Waals surface area contributed by atoms with Gasteiger partial charge in [-0.2, -0.15) is 0 Å². The maximum absolute atomic E-state index is 10.8. The van der Waals surface area contributed by atoms with Crippen molar-refractivity contribution in [2.75, 3.05) is 14.1 Å². The minimum absolute atomic E-state index is 0.390. The lowest BCUT2D eigenvalue weighted by Gasteiger charge is -2.07. The predicted octanol–water partition coefficient (Wildman–Crippen LogP) is 1.52. The van der Waals surface area contributed by atoms with Crippen LogP contribution in [-0.4, -0.2) is 31.6 Å². The number of carbonyl (C=O) groups excluding carboxylic acids is 1. The number of hydrogen-bond acceptors (Lipinski definition) is 2. The molecule has 0 saturated carbocycles. The summed E-state index contributed by atoms with van der Waals surface area (Å²) in [4.78, 5) is 16.7. The van der Waals surface area contributed by atoms with Crippen molar-refractivity contribution in [3.05, 3.63) is 35.9 Å². The maximum Gasteiger partial charge on any atom is 0.149 e. The van der Waals surface area contributed by atoms with Crippen LogP contribution in [0.4, 0.5) is 0 Å². The Bertz CT molecular complexity index is 306. The molecular formula is C11H14N2O. The van der Waals surface area contributed by atoms with Crippen LogP contribution in [0.15, 0.2) is 35.3 Å². The molecule has 0 radical (unpaired) electrons. The summed E-state index contributed by atoms with van der Waals surface area (Å²) in [5, 5.41) is 0. The molecule has 0 aliphatic heterocycles. The van der Waals surface area contributed by atoms with Gasteiger partial charge < -0.3 is 9.69 Å². The number of rotatable bonds is 4. The van der Waals surface area contributed by atoms with E-state index < -0.39 is 6.04 Å². The highest BCUT2D eigenvalue weighted by Gasteiger charge is 2.05. The van der Waals surface area contributed by atoms with Crippen molar-refractivity contribution in [3.63, 3.8) is 0 Å². The Balaban J connectivity index is 2.78. The molecule has 3 heteroatoms. The van der Waals surface area contributed by atoms with Crippen molar-refractivity contribution >= 4 is 12.6 Å². The second kappa shape index (κ2) is 5.17. The minimum Gasteiger partial charge on any atom is -0.369 e. The normalized spacial score (nSPS) is 12.7. The summed E-state index contributed by atoms with van der Waals surface area (Å²) in [6.07, 6.45) is 2.49. The Morgan fingerprint density at radius 2 is 1.93 bits per heavy atom. The summed E-state index contributed by atoms with van der Waals surface area (Å²) < 4.78 is 0. The summed E-state index contributed by atoms with van der Waals surface area (Å²) in [5.74, 6) is 0. The van der Waals surface area contributed by atoms with E-state index in [1.54, 1.807) is 11.2 Å². The fourth-order valence-electron chi connectivity index (χ4n) is 1.06. The zero-order valence-corrected chi connectivity index (χ0v) is 8.42. The van der Waals surface area contributed by atoms with Crippen LogP contribution < -0.4 is 0 Å². The molecule has 0 aromatic heterocycles. The Labute approximate surface area is 84.1 Å². The fraction of sp³-hybridized carbons (Fsp3) is 0.273. The van der Waals surface area contributed by atoms with Gasteiger partial charge in [0.25, 0.3) is 0 Å². The van der Waals surface area contributed by atoms with E-state index in [2.05, 4.69) is 4.99 Å². The fourth-order valence-corrected chi connectivity index (χ4v) is 1.06. The third-order valence-corrected chi connectivity index (χ3v) is 1.73. The van der Waals surface area contributed by atoms with Crippen LogP contribution in [0, 0.1) is 0 Å². The molecule has 1 unspecified atom stereocenters. The van der Waals surface area contributed by atoms with Crippen LogP contribution in [0.1, 0.15) is 11.6 Å². The molecule has 0 spiro atoms. The smallest absolute Gasteiger partial charge is 0.149 e. The molecule has 14 heavy (non-hydrogen) atoms. The number of aldehydes is 1. The van der Waals surface area contributed by atoms with E-state index >= 15 is 0 Å². The Kier molecular flexibility index (Phi) is 3.85. The molecule has 0 aliphatic carbocycles. The first-order valence-electron chi connectivity index (χ1n) is 4.44. The topological polar surface area (TPSA) is 32.7 Å². The summed E-state index contributed by atoms with van der Waals surface area (Å²) in [6, 6.07) is 9.12. The van der Waals surface area contributed by atoms with Gasteiger partial charge in [0.1, 0.15) is 12.3 Å². The van der Waals surface area contributed by atoms with E-state index in [0.29, 0.717) is 0 Å². The standard InChI is InChI=1S/C11H14N2O/c1-13(2)9-12-11(8-14)10-6-4-3-5-7-10/h3-9,11H,1-2H3. The SMILES string of the molecule is CN(C)C=NC(C=O)c1ccccc1. The van der Waals surface area contributed by atoms with Crippen LogP contribution in [0.25, 0.3) is 0 Å². The number of hydrogen-bond donors (Lipinski definition) is 0. The molecule has 0 heterocycles. The van der Waals surface area contributed by atoms with E-state index in [0.717, 1.165) is 11.8 Å². The van der Waals surface area contributed by atoms with Crippen LogP contribution in [0.2, 0.25) is 0 Å². The molecule has 0 amide bonds. The molecule has 0 N–H and O–H groups in total. The van der Waals surface area contributed by atoms with Crippen molar-refractivity contribution in [2.45, 2.75) is 6.04 Å². The highest BCUT2D eigenvalue weighted by Crippen LogP contribution is 2.13. The molecule has 0 aliphatic rings. The summed E-state index contributed by atoms with van der Waals surface area (Å²) in [5.41, 5.74) is 0.917. The Hall–Kier alpha value is -1.64. The van der Waals surface area contributed by atoms with Gasteiger partial charge in [-0.25, -0.2) is 0 Å². The predicted molar refractivity (Wildman–Crippen MR) is 57.4 cm³/mol. The summed E-state index contributed by atoms with van der Waals surface area (Å²) in [7, 11) is 3.74. The third-order valence-electron chi connectivity index (χ3n) is 1.73. The molecule has 0 saturated heterocycles.